The molecule has 0 bridgehead atoms. The van der Waals surface area contributed by atoms with E-state index in [0.717, 1.165) is 0 Å². The molecule has 0 radical (unpaired) electrons. The van der Waals surface area contributed by atoms with Crippen molar-refractivity contribution >= 4 is 6.47 Å². The van der Waals surface area contributed by atoms with Gasteiger partial charge in [0.15, 0.2) is 0 Å². The van der Waals surface area contributed by atoms with Gasteiger partial charge in [0.2, 0.25) is 0 Å². The van der Waals surface area contributed by atoms with Gasteiger partial charge in [-0.3, -0.25) is 0 Å². The number of hydrogen-bond donors (Lipinski definition) is 0. The fourth-order valence-corrected chi connectivity index (χ4v) is 0.0962. The molecule has 0 saturated carbocycles. The molecular weight excluding hydrogens is 136 g/mol. The summed E-state index contributed by atoms with van der Waals surface area (Å²) in [6.07, 6.45) is -0.0255. The van der Waals surface area contributed by atoms with Crippen molar-refractivity contribution in [1.82, 2.24) is 0 Å². The van der Waals surface area contributed by atoms with Gasteiger partial charge >= 0.3 is 0 Å². The molecule has 0 rings (SSSR count). The van der Waals surface area contributed by atoms with Crippen LogP contribution in [-0.2, 0) is 26.6 Å². The number of rotatable bonds is 2. The van der Waals surface area contributed by atoms with E-state index in [0.29, 0.717) is 0 Å². The van der Waals surface area contributed by atoms with Crippen molar-refractivity contribution in [3.63, 3.8) is 0 Å². The molecule has 7 heavy (non-hydrogen) atoms. The Morgan fingerprint density at radius 1 is 1.57 bits per heavy atom. The first-order valence-corrected chi connectivity index (χ1v) is 1.80. The average molecular weight is 143 g/mol. The normalized spacial score (nSPS) is 7.29. The molecule has 0 aromatic carbocycles. The van der Waals surface area contributed by atoms with E-state index >= 15 is 0 Å². The molecule has 0 aromatic heterocycles. The number of hydrogen-bond acceptors (Lipinski definition) is 2. The first kappa shape index (κ1) is 10.1. The number of carbonyl (C=O) groups excluding carboxylic acids is 1. The standard InChI is InChI=1S/C4H7O2.Fe/c1-4(2)6-3-5;/h4H,1-2H3;/q-1;. The molecule has 0 aliphatic rings. The Bertz CT molecular complexity index is 45.0. The van der Waals surface area contributed by atoms with Gasteiger partial charge in [-0.25, -0.2) is 0 Å². The second-order valence-corrected chi connectivity index (χ2v) is 1.25. The summed E-state index contributed by atoms with van der Waals surface area (Å²) in [4.78, 5) is 9.27. The molecule has 0 fully saturated rings. The molecule has 2 nitrogen and oxygen atoms in total. The third kappa shape index (κ3) is 10.7. The van der Waals surface area contributed by atoms with Gasteiger partial charge in [-0.15, -0.1) is 0 Å². The van der Waals surface area contributed by atoms with Crippen LogP contribution in [0.3, 0.4) is 0 Å². The van der Waals surface area contributed by atoms with Gasteiger partial charge in [0.25, 0.3) is 0 Å². The van der Waals surface area contributed by atoms with E-state index in [4.69, 9.17) is 0 Å². The van der Waals surface area contributed by atoms with Crippen LogP contribution in [0, 0.1) is 0 Å². The van der Waals surface area contributed by atoms with Crippen LogP contribution in [0.4, 0.5) is 0 Å². The van der Waals surface area contributed by atoms with E-state index in [1.54, 1.807) is 13.8 Å². The van der Waals surface area contributed by atoms with Crippen LogP contribution >= 0.6 is 0 Å². The fraction of sp³-hybridized carbons (Fsp3) is 0.750. The summed E-state index contributed by atoms with van der Waals surface area (Å²) in [5.74, 6) is 0. The van der Waals surface area contributed by atoms with Crippen LogP contribution in [0.15, 0.2) is 0 Å². The molecule has 0 spiro atoms. The molecule has 0 heterocycles. The molecule has 0 aliphatic heterocycles. The summed E-state index contributed by atoms with van der Waals surface area (Å²) in [7, 11) is 0. The van der Waals surface area contributed by atoms with E-state index in [9.17, 15) is 4.79 Å². The second-order valence-electron chi connectivity index (χ2n) is 1.25. The Kier molecular flexibility index (Phi) is 8.62. The second kappa shape index (κ2) is 5.99. The van der Waals surface area contributed by atoms with Gasteiger partial charge in [0, 0.05) is 17.1 Å². The predicted molar refractivity (Wildman–Crippen MR) is 21.9 cm³/mol. The third-order valence-corrected chi connectivity index (χ3v) is 0.284. The summed E-state index contributed by atoms with van der Waals surface area (Å²) < 4.78 is 4.24. The number of ether oxygens (including phenoxy) is 1. The van der Waals surface area contributed by atoms with Gasteiger partial charge in [-0.2, -0.15) is 0 Å². The molecule has 0 aliphatic carbocycles. The summed E-state index contributed by atoms with van der Waals surface area (Å²) in [5.41, 5.74) is 0. The summed E-state index contributed by atoms with van der Waals surface area (Å²) in [6, 6.07) is 0. The van der Waals surface area contributed by atoms with Crippen LogP contribution in [-0.4, -0.2) is 12.6 Å². The SMILES string of the molecule is CC(C)O[C-]=O.[Fe]. The molecule has 0 saturated heterocycles. The van der Waals surface area contributed by atoms with Crippen LogP contribution in [0.2, 0.25) is 0 Å². The predicted octanol–water partition coefficient (Wildman–Crippen LogP) is 0.476. The van der Waals surface area contributed by atoms with Crippen molar-refractivity contribution in [2.45, 2.75) is 20.0 Å². The zero-order chi connectivity index (χ0) is 4.99. The van der Waals surface area contributed by atoms with Crippen LogP contribution in [0.5, 0.6) is 0 Å². The minimum absolute atomic E-state index is 0. The Hall–Kier alpha value is -0.0105. The van der Waals surface area contributed by atoms with Gasteiger partial charge in [-0.1, -0.05) is 6.47 Å². The molecule has 0 unspecified atom stereocenters. The molecule has 44 valence electrons. The van der Waals surface area contributed by atoms with E-state index in [2.05, 4.69) is 4.74 Å². The van der Waals surface area contributed by atoms with Crippen molar-refractivity contribution < 1.29 is 26.6 Å². The van der Waals surface area contributed by atoms with Crippen LogP contribution in [0.1, 0.15) is 13.8 Å². The molecule has 0 atom stereocenters. The molecule has 0 N–H and O–H groups in total. The van der Waals surface area contributed by atoms with E-state index in [1.807, 2.05) is 0 Å². The zero-order valence-corrected chi connectivity index (χ0v) is 5.35. The summed E-state index contributed by atoms with van der Waals surface area (Å²) >= 11 is 0. The maximum Gasteiger partial charge on any atom is 0.0537 e. The van der Waals surface area contributed by atoms with Crippen LogP contribution < -0.4 is 0 Å². The Morgan fingerprint density at radius 2 is 2.00 bits per heavy atom. The molecule has 3 heteroatoms. The van der Waals surface area contributed by atoms with Crippen LogP contribution in [0.25, 0.3) is 0 Å². The van der Waals surface area contributed by atoms with Crippen molar-refractivity contribution in [3.8, 4) is 0 Å². The monoisotopic (exact) mass is 143 g/mol. The molecular formula is C4H7FeO2-. The van der Waals surface area contributed by atoms with E-state index < -0.39 is 0 Å². The summed E-state index contributed by atoms with van der Waals surface area (Å²) in [6.45, 7) is 4.85. The Balaban J connectivity index is 0. The van der Waals surface area contributed by atoms with Crippen molar-refractivity contribution in [2.24, 2.45) is 0 Å². The van der Waals surface area contributed by atoms with E-state index in [-0.39, 0.29) is 23.2 Å². The smallest absolute Gasteiger partial charge is 0.0537 e. The quantitative estimate of drug-likeness (QED) is 0.415. The fourth-order valence-electron chi connectivity index (χ4n) is 0.0962. The van der Waals surface area contributed by atoms with Crippen molar-refractivity contribution in [2.75, 3.05) is 0 Å². The van der Waals surface area contributed by atoms with E-state index in [1.165, 1.54) is 6.47 Å². The Labute approximate surface area is 53.7 Å². The maximum absolute atomic E-state index is 9.27. The zero-order valence-electron chi connectivity index (χ0n) is 4.25. The topological polar surface area (TPSA) is 26.3 Å². The average Bonchev–Trinajstić information content (AvgIpc) is 1.35. The molecule has 0 aromatic rings. The van der Waals surface area contributed by atoms with Crippen molar-refractivity contribution in [3.05, 3.63) is 0 Å². The third-order valence-electron chi connectivity index (χ3n) is 0.284. The molecule has 0 amide bonds. The van der Waals surface area contributed by atoms with Gasteiger partial charge in [0.1, 0.15) is 0 Å². The largest absolute Gasteiger partial charge is 0.651 e. The maximum atomic E-state index is 9.27. The van der Waals surface area contributed by atoms with Crippen molar-refractivity contribution in [1.29, 1.82) is 0 Å². The minimum atomic E-state index is -0.0255. The summed E-state index contributed by atoms with van der Waals surface area (Å²) in [5, 5.41) is 0. The van der Waals surface area contributed by atoms with Gasteiger partial charge < -0.3 is 9.53 Å². The van der Waals surface area contributed by atoms with Gasteiger partial charge in [0.05, 0.1) is 6.10 Å². The van der Waals surface area contributed by atoms with Gasteiger partial charge in [-0.05, 0) is 13.8 Å². The first-order valence-electron chi connectivity index (χ1n) is 1.80. The minimum Gasteiger partial charge on any atom is -0.651 e. The first-order chi connectivity index (χ1) is 2.77. The Morgan fingerprint density at radius 3 is 2.00 bits per heavy atom.